The number of hydrogen-bond acceptors (Lipinski definition) is 3. The van der Waals surface area contributed by atoms with E-state index in [-0.39, 0.29) is 8.81 Å². The van der Waals surface area contributed by atoms with Crippen molar-refractivity contribution in [3.63, 3.8) is 0 Å². The van der Waals surface area contributed by atoms with Crippen LogP contribution in [-0.2, 0) is 6.42 Å². The minimum atomic E-state index is -0.00364. The van der Waals surface area contributed by atoms with Gasteiger partial charge in [-0.1, -0.05) is 19.1 Å². The molecule has 0 saturated carbocycles. The highest BCUT2D eigenvalue weighted by Gasteiger charge is 2.01. The molecule has 1 unspecified atom stereocenters. The SMILES string of the molecule is CCN(CCc1ccc(O)cc1)CPO. The predicted octanol–water partition coefficient (Wildman–Crippen LogP) is 1.80. The third kappa shape index (κ3) is 4.61. The first kappa shape index (κ1) is 12.4. The molecule has 0 spiro atoms. The molecular formula is C11H18NO2P. The van der Waals surface area contributed by atoms with Gasteiger partial charge in [0.25, 0.3) is 0 Å². The molecule has 0 amide bonds. The Morgan fingerprint density at radius 2 is 1.93 bits per heavy atom. The van der Waals surface area contributed by atoms with Gasteiger partial charge in [-0.2, -0.15) is 0 Å². The van der Waals surface area contributed by atoms with Crippen LogP contribution in [0.5, 0.6) is 5.75 Å². The first-order chi connectivity index (χ1) is 7.26. The number of rotatable bonds is 6. The lowest BCUT2D eigenvalue weighted by Gasteiger charge is -2.18. The summed E-state index contributed by atoms with van der Waals surface area (Å²) in [6.45, 7) is 4.01. The van der Waals surface area contributed by atoms with Gasteiger partial charge in [0.15, 0.2) is 0 Å². The molecule has 0 aromatic heterocycles. The number of phenols is 1. The van der Waals surface area contributed by atoms with Crippen LogP contribution in [0.15, 0.2) is 24.3 Å². The summed E-state index contributed by atoms with van der Waals surface area (Å²) in [5.41, 5.74) is 1.22. The Kier molecular flexibility index (Phi) is 5.62. The van der Waals surface area contributed by atoms with E-state index in [1.54, 1.807) is 12.1 Å². The minimum absolute atomic E-state index is 0.00364. The van der Waals surface area contributed by atoms with E-state index in [1.807, 2.05) is 12.1 Å². The maximum atomic E-state index is 9.12. The van der Waals surface area contributed by atoms with Crippen LogP contribution in [0.2, 0.25) is 0 Å². The predicted molar refractivity (Wildman–Crippen MR) is 64.5 cm³/mol. The third-order valence-corrected chi connectivity index (χ3v) is 2.98. The Balaban J connectivity index is 2.38. The lowest BCUT2D eigenvalue weighted by Crippen LogP contribution is -2.24. The monoisotopic (exact) mass is 227 g/mol. The molecule has 0 aliphatic carbocycles. The van der Waals surface area contributed by atoms with Crippen LogP contribution >= 0.6 is 8.81 Å². The summed E-state index contributed by atoms with van der Waals surface area (Å²) in [5.74, 6) is 0.308. The van der Waals surface area contributed by atoms with Gasteiger partial charge in [-0.25, -0.2) is 0 Å². The summed E-state index contributed by atoms with van der Waals surface area (Å²) in [4.78, 5) is 11.1. The molecule has 2 N–H and O–H groups in total. The zero-order valence-electron chi connectivity index (χ0n) is 8.98. The largest absolute Gasteiger partial charge is 0.508 e. The van der Waals surface area contributed by atoms with E-state index in [2.05, 4.69) is 11.8 Å². The summed E-state index contributed by atoms with van der Waals surface area (Å²) < 4.78 is 0. The first-order valence-electron chi connectivity index (χ1n) is 5.13. The van der Waals surface area contributed by atoms with E-state index in [0.717, 1.165) is 25.8 Å². The summed E-state index contributed by atoms with van der Waals surface area (Å²) in [7, 11) is -0.00364. The molecular weight excluding hydrogens is 209 g/mol. The van der Waals surface area contributed by atoms with Crippen molar-refractivity contribution >= 4 is 8.81 Å². The van der Waals surface area contributed by atoms with Gasteiger partial charge in [-0.3, -0.25) is 4.90 Å². The highest BCUT2D eigenvalue weighted by atomic mass is 31.1. The number of hydrogen-bond donors (Lipinski definition) is 2. The Bertz CT molecular complexity index is 276. The van der Waals surface area contributed by atoms with Crippen molar-refractivity contribution in [2.75, 3.05) is 19.4 Å². The van der Waals surface area contributed by atoms with Gasteiger partial charge in [0, 0.05) is 21.6 Å². The second-order valence-corrected chi connectivity index (χ2v) is 4.08. The van der Waals surface area contributed by atoms with Crippen molar-refractivity contribution in [1.29, 1.82) is 0 Å². The van der Waals surface area contributed by atoms with Crippen LogP contribution < -0.4 is 0 Å². The molecule has 0 bridgehead atoms. The Morgan fingerprint density at radius 1 is 1.27 bits per heavy atom. The fourth-order valence-electron chi connectivity index (χ4n) is 1.40. The van der Waals surface area contributed by atoms with Crippen molar-refractivity contribution in [3.05, 3.63) is 29.8 Å². The van der Waals surface area contributed by atoms with Crippen molar-refractivity contribution in [2.24, 2.45) is 0 Å². The fraction of sp³-hybridized carbons (Fsp3) is 0.455. The Hall–Kier alpha value is -0.630. The lowest BCUT2D eigenvalue weighted by atomic mass is 10.1. The molecule has 0 aliphatic rings. The molecule has 1 rings (SSSR count). The molecule has 15 heavy (non-hydrogen) atoms. The average molecular weight is 227 g/mol. The van der Waals surface area contributed by atoms with Gasteiger partial charge in [-0.15, -0.1) is 0 Å². The Morgan fingerprint density at radius 3 is 2.47 bits per heavy atom. The van der Waals surface area contributed by atoms with E-state index >= 15 is 0 Å². The maximum absolute atomic E-state index is 9.12. The lowest BCUT2D eigenvalue weighted by molar-refractivity contribution is 0.336. The second kappa shape index (κ2) is 6.78. The van der Waals surface area contributed by atoms with E-state index in [0.29, 0.717) is 5.75 Å². The van der Waals surface area contributed by atoms with Gasteiger partial charge in [0.05, 0.1) is 0 Å². The summed E-state index contributed by atoms with van der Waals surface area (Å²) in [6, 6.07) is 7.29. The summed E-state index contributed by atoms with van der Waals surface area (Å²) in [5, 5.41) is 9.12. The van der Waals surface area contributed by atoms with E-state index < -0.39 is 0 Å². The van der Waals surface area contributed by atoms with Crippen LogP contribution in [0.25, 0.3) is 0 Å². The van der Waals surface area contributed by atoms with Gasteiger partial charge >= 0.3 is 0 Å². The molecule has 3 nitrogen and oxygen atoms in total. The zero-order valence-corrected chi connectivity index (χ0v) is 9.98. The number of phenolic OH excluding ortho intramolecular Hbond substituents is 1. The van der Waals surface area contributed by atoms with Crippen molar-refractivity contribution in [3.8, 4) is 5.75 Å². The molecule has 0 aliphatic heterocycles. The first-order valence-corrected chi connectivity index (χ1v) is 6.29. The number of likely N-dealkylation sites (N-methyl/N-ethyl adjacent to an activating group) is 1. The average Bonchev–Trinajstić information content (AvgIpc) is 2.26. The Labute approximate surface area is 92.6 Å². The normalized spacial score (nSPS) is 11.7. The van der Waals surface area contributed by atoms with Gasteiger partial charge < -0.3 is 10.00 Å². The third-order valence-electron chi connectivity index (χ3n) is 2.39. The van der Waals surface area contributed by atoms with Crippen LogP contribution in [0.1, 0.15) is 12.5 Å². The molecule has 0 saturated heterocycles. The smallest absolute Gasteiger partial charge is 0.115 e. The van der Waals surface area contributed by atoms with E-state index in [1.165, 1.54) is 5.56 Å². The quantitative estimate of drug-likeness (QED) is 0.728. The van der Waals surface area contributed by atoms with Crippen LogP contribution in [0.3, 0.4) is 0 Å². The molecule has 0 radical (unpaired) electrons. The van der Waals surface area contributed by atoms with Crippen LogP contribution in [-0.4, -0.2) is 34.3 Å². The minimum Gasteiger partial charge on any atom is -0.508 e. The molecule has 1 aromatic carbocycles. The summed E-state index contributed by atoms with van der Waals surface area (Å²) >= 11 is 0. The van der Waals surface area contributed by atoms with E-state index in [4.69, 9.17) is 10.00 Å². The topological polar surface area (TPSA) is 43.7 Å². The second-order valence-electron chi connectivity index (χ2n) is 3.44. The number of nitrogens with zero attached hydrogens (tertiary/aromatic N) is 1. The molecule has 0 heterocycles. The van der Waals surface area contributed by atoms with Crippen LogP contribution in [0.4, 0.5) is 0 Å². The summed E-state index contributed by atoms with van der Waals surface area (Å²) in [6.07, 6.45) is 1.72. The van der Waals surface area contributed by atoms with Crippen molar-refractivity contribution in [1.82, 2.24) is 4.90 Å². The fourth-order valence-corrected chi connectivity index (χ4v) is 1.98. The molecule has 1 atom stereocenters. The molecule has 0 fully saturated rings. The highest BCUT2D eigenvalue weighted by Crippen LogP contribution is 2.11. The number of aromatic hydroxyl groups is 1. The van der Waals surface area contributed by atoms with Crippen LogP contribution in [0, 0.1) is 0 Å². The van der Waals surface area contributed by atoms with Gasteiger partial charge in [-0.05, 0) is 30.7 Å². The number of benzene rings is 1. The molecule has 4 heteroatoms. The van der Waals surface area contributed by atoms with E-state index in [9.17, 15) is 0 Å². The molecule has 84 valence electrons. The highest BCUT2D eigenvalue weighted by molar-refractivity contribution is 7.30. The van der Waals surface area contributed by atoms with Crippen molar-refractivity contribution in [2.45, 2.75) is 13.3 Å². The zero-order chi connectivity index (χ0) is 11.1. The standard InChI is InChI=1S/C11H18NO2P/c1-2-12(9-15-14)8-7-10-3-5-11(13)6-4-10/h3-6,13-15H,2,7-9H2,1H3. The van der Waals surface area contributed by atoms with Gasteiger partial charge in [0.2, 0.25) is 0 Å². The molecule has 1 aromatic rings. The maximum Gasteiger partial charge on any atom is 0.115 e. The van der Waals surface area contributed by atoms with Crippen molar-refractivity contribution < 1.29 is 10.00 Å². The van der Waals surface area contributed by atoms with Gasteiger partial charge in [0.1, 0.15) is 5.75 Å².